The quantitative estimate of drug-likeness (QED) is 0.251. The zero-order chi connectivity index (χ0) is 25.4. The van der Waals surface area contributed by atoms with Gasteiger partial charge in [-0.1, -0.05) is 78.4 Å². The summed E-state index contributed by atoms with van der Waals surface area (Å²) in [4.78, 5) is 19.2. The van der Waals surface area contributed by atoms with E-state index in [0.717, 1.165) is 43.1 Å². The lowest BCUT2D eigenvalue weighted by molar-refractivity contribution is -0.115. The number of aromatic nitrogens is 1. The normalized spacial score (nSPS) is 11.2. The number of fused-ring (bicyclic) bond motifs is 3. The third-order valence-electron chi connectivity index (χ3n) is 6.33. The predicted octanol–water partition coefficient (Wildman–Crippen LogP) is 7.87. The van der Waals surface area contributed by atoms with Crippen LogP contribution < -0.4 is 10.1 Å². The molecule has 0 radical (unpaired) electrons. The van der Waals surface area contributed by atoms with Crippen LogP contribution in [0.2, 0.25) is 0 Å². The number of anilines is 1. The maximum atomic E-state index is 13.3. The van der Waals surface area contributed by atoms with Crippen LogP contribution in [0.15, 0.2) is 95.4 Å². The molecule has 37 heavy (non-hydrogen) atoms. The predicted molar refractivity (Wildman–Crippen MR) is 150 cm³/mol. The van der Waals surface area contributed by atoms with Gasteiger partial charge in [0, 0.05) is 22.4 Å². The molecule has 6 aromatic rings. The van der Waals surface area contributed by atoms with E-state index in [4.69, 9.17) is 14.1 Å². The van der Waals surface area contributed by atoms with Gasteiger partial charge in [0.15, 0.2) is 0 Å². The van der Waals surface area contributed by atoms with E-state index in [1.807, 2.05) is 66.7 Å². The fourth-order valence-corrected chi connectivity index (χ4v) is 5.56. The van der Waals surface area contributed by atoms with Gasteiger partial charge in [0.25, 0.3) is 0 Å². The minimum Gasteiger partial charge on any atom is -0.495 e. The van der Waals surface area contributed by atoms with Crippen LogP contribution in [0.3, 0.4) is 0 Å². The summed E-state index contributed by atoms with van der Waals surface area (Å²) in [7, 11) is 1.60. The zero-order valence-corrected chi connectivity index (χ0v) is 21.3. The van der Waals surface area contributed by atoms with Gasteiger partial charge in [-0.15, -0.1) is 11.3 Å². The van der Waals surface area contributed by atoms with Crippen molar-refractivity contribution >= 4 is 44.9 Å². The molecule has 4 aromatic carbocycles. The molecule has 0 fully saturated rings. The van der Waals surface area contributed by atoms with Gasteiger partial charge in [-0.2, -0.15) is 0 Å². The first-order valence-corrected chi connectivity index (χ1v) is 12.8. The number of hydrogen-bond donors (Lipinski definition) is 1. The Kier molecular flexibility index (Phi) is 5.94. The number of furan rings is 1. The lowest BCUT2D eigenvalue weighted by atomic mass is 10.1. The van der Waals surface area contributed by atoms with E-state index in [-0.39, 0.29) is 12.3 Å². The second kappa shape index (κ2) is 9.56. The molecule has 0 bridgehead atoms. The van der Waals surface area contributed by atoms with Crippen LogP contribution in [0, 0.1) is 6.92 Å². The van der Waals surface area contributed by atoms with Crippen molar-refractivity contribution < 1.29 is 13.9 Å². The van der Waals surface area contributed by atoms with Crippen LogP contribution >= 0.6 is 11.3 Å². The maximum absolute atomic E-state index is 13.3. The number of ether oxygens (including phenoxy) is 1. The number of methoxy groups -OCH3 is 1. The highest BCUT2D eigenvalue weighted by Gasteiger charge is 2.19. The van der Waals surface area contributed by atoms with Gasteiger partial charge in [-0.25, -0.2) is 4.98 Å². The third-order valence-corrected chi connectivity index (χ3v) is 7.53. The van der Waals surface area contributed by atoms with E-state index in [2.05, 4.69) is 36.5 Å². The molecule has 0 aliphatic heterocycles. The Labute approximate surface area is 218 Å². The molecule has 1 amide bonds. The molecule has 0 aliphatic rings. The second-order valence-electron chi connectivity index (χ2n) is 8.90. The largest absolute Gasteiger partial charge is 0.495 e. The molecule has 0 spiro atoms. The minimum atomic E-state index is -0.174. The van der Waals surface area contributed by atoms with Gasteiger partial charge >= 0.3 is 0 Å². The summed E-state index contributed by atoms with van der Waals surface area (Å²) in [6, 6.07) is 30.0. The van der Waals surface area contributed by atoms with Crippen molar-refractivity contribution in [3.63, 3.8) is 0 Å². The summed E-state index contributed by atoms with van der Waals surface area (Å²) in [6.07, 6.45) is 0.133. The number of carbonyl (C=O) groups excluding carboxylic acids is 1. The lowest BCUT2D eigenvalue weighted by Gasteiger charge is -2.10. The molecule has 0 aliphatic carbocycles. The van der Waals surface area contributed by atoms with Crippen molar-refractivity contribution in [2.45, 2.75) is 13.3 Å². The topological polar surface area (TPSA) is 64.4 Å². The van der Waals surface area contributed by atoms with E-state index < -0.39 is 0 Å². The smallest absolute Gasteiger partial charge is 0.230 e. The van der Waals surface area contributed by atoms with Crippen LogP contribution in [-0.2, 0) is 11.2 Å². The molecule has 6 rings (SSSR count). The lowest BCUT2D eigenvalue weighted by Crippen LogP contribution is -2.15. The molecule has 0 saturated carbocycles. The number of hydrogen-bond acceptors (Lipinski definition) is 5. The van der Waals surface area contributed by atoms with Crippen LogP contribution in [0.4, 0.5) is 5.69 Å². The minimum absolute atomic E-state index is 0.133. The molecule has 182 valence electrons. The Hall–Kier alpha value is -4.42. The number of nitrogens with one attached hydrogen (secondary N) is 1. The molecule has 6 heteroatoms. The number of para-hydroxylation sites is 1. The highest BCUT2D eigenvalue weighted by Crippen LogP contribution is 2.38. The standard InChI is InChI=1S/C31H24N2O3S/c1-19-12-14-20(15-13-19)30-25(33-31(37-30)21-8-4-3-5-9-21)18-29(34)32-24-17-27-23(16-28(24)35-2)22-10-6-7-11-26(22)36-27/h3-17H,18H2,1-2H3,(H,32,34). The number of benzene rings is 4. The summed E-state index contributed by atoms with van der Waals surface area (Å²) in [5, 5.41) is 5.86. The summed E-state index contributed by atoms with van der Waals surface area (Å²) in [6.45, 7) is 2.06. The first-order chi connectivity index (χ1) is 18.1. The van der Waals surface area contributed by atoms with Crippen LogP contribution in [0.5, 0.6) is 5.75 Å². The van der Waals surface area contributed by atoms with Crippen LogP contribution in [0.1, 0.15) is 11.3 Å². The Morgan fingerprint density at radius 3 is 2.43 bits per heavy atom. The molecule has 2 heterocycles. The van der Waals surface area contributed by atoms with Crippen molar-refractivity contribution in [2.24, 2.45) is 0 Å². The number of carbonyl (C=O) groups is 1. The highest BCUT2D eigenvalue weighted by atomic mass is 32.1. The van der Waals surface area contributed by atoms with E-state index in [1.54, 1.807) is 18.4 Å². The molecule has 2 aromatic heterocycles. The van der Waals surface area contributed by atoms with Gasteiger partial charge in [0.1, 0.15) is 21.9 Å². The molecule has 1 N–H and O–H groups in total. The Bertz CT molecular complexity index is 1730. The third kappa shape index (κ3) is 4.47. The molecule has 5 nitrogen and oxygen atoms in total. The number of nitrogens with zero attached hydrogens (tertiary/aromatic N) is 1. The fraction of sp³-hybridized carbons (Fsp3) is 0.0968. The van der Waals surface area contributed by atoms with Crippen molar-refractivity contribution in [3.8, 4) is 26.8 Å². The number of amides is 1. The van der Waals surface area contributed by atoms with Gasteiger partial charge < -0.3 is 14.5 Å². The Balaban J connectivity index is 1.34. The Morgan fingerprint density at radius 1 is 0.892 bits per heavy atom. The molecule has 0 atom stereocenters. The SMILES string of the molecule is COc1cc2c(cc1NC(=O)Cc1nc(-c3ccccc3)sc1-c1ccc(C)cc1)oc1ccccc12. The van der Waals surface area contributed by atoms with Gasteiger partial charge in [-0.05, 0) is 24.6 Å². The summed E-state index contributed by atoms with van der Waals surface area (Å²) >= 11 is 1.60. The molecular formula is C31H24N2O3S. The van der Waals surface area contributed by atoms with E-state index in [0.29, 0.717) is 17.0 Å². The summed E-state index contributed by atoms with van der Waals surface area (Å²) in [5.41, 5.74) is 6.06. The number of thiazole rings is 1. The van der Waals surface area contributed by atoms with Crippen LogP contribution in [-0.4, -0.2) is 18.0 Å². The first-order valence-electron chi connectivity index (χ1n) is 12.0. The van der Waals surface area contributed by atoms with Crippen molar-refractivity contribution in [1.29, 1.82) is 0 Å². The van der Waals surface area contributed by atoms with Gasteiger partial charge in [0.2, 0.25) is 5.91 Å². The monoisotopic (exact) mass is 504 g/mol. The first kappa shape index (κ1) is 23.0. The average molecular weight is 505 g/mol. The van der Waals surface area contributed by atoms with Crippen molar-refractivity contribution in [1.82, 2.24) is 4.98 Å². The number of aryl methyl sites for hydroxylation is 1. The molecular weight excluding hydrogens is 480 g/mol. The highest BCUT2D eigenvalue weighted by molar-refractivity contribution is 7.18. The van der Waals surface area contributed by atoms with E-state index in [9.17, 15) is 4.79 Å². The second-order valence-corrected chi connectivity index (χ2v) is 9.90. The Morgan fingerprint density at radius 2 is 1.65 bits per heavy atom. The fourth-order valence-electron chi connectivity index (χ4n) is 4.47. The number of rotatable bonds is 6. The van der Waals surface area contributed by atoms with Gasteiger partial charge in [-0.3, -0.25) is 4.79 Å². The summed E-state index contributed by atoms with van der Waals surface area (Å²) < 4.78 is 11.6. The van der Waals surface area contributed by atoms with Crippen LogP contribution in [0.25, 0.3) is 43.0 Å². The zero-order valence-electron chi connectivity index (χ0n) is 20.4. The van der Waals surface area contributed by atoms with E-state index in [1.165, 1.54) is 5.56 Å². The average Bonchev–Trinajstić information content (AvgIpc) is 3.50. The summed E-state index contributed by atoms with van der Waals surface area (Å²) in [5.74, 6) is 0.404. The molecule has 0 saturated heterocycles. The van der Waals surface area contributed by atoms with Crippen molar-refractivity contribution in [3.05, 3.63) is 102 Å². The van der Waals surface area contributed by atoms with E-state index >= 15 is 0 Å². The molecule has 0 unspecified atom stereocenters. The maximum Gasteiger partial charge on any atom is 0.230 e. The van der Waals surface area contributed by atoms with Gasteiger partial charge in [0.05, 0.1) is 29.8 Å². The van der Waals surface area contributed by atoms with Crippen molar-refractivity contribution in [2.75, 3.05) is 12.4 Å².